The number of likely N-dealkylation sites (N-methyl/N-ethyl adjacent to an activating group) is 1. The van der Waals surface area contributed by atoms with Gasteiger partial charge in [0, 0.05) is 19.6 Å². The van der Waals surface area contributed by atoms with Crippen LogP contribution >= 0.6 is 0 Å². The molecule has 1 fully saturated rings. The third kappa shape index (κ3) is 6.60. The fourth-order valence-corrected chi connectivity index (χ4v) is 3.25. The molecule has 0 radical (unpaired) electrons. The number of benzene rings is 1. The number of carbonyl (C=O) groups excluding carboxylic acids is 2. The molecule has 0 saturated carbocycles. The standard InChI is InChI=1S/C20H28F3N3O4/c1-4-25(12-14(2)19(28)29-3)13-18(27)24-16-11-15(20(21,22)23)5-6-17(16)26-7-9-30-10-8-26/h5-6,11,14H,4,7-10,12-13H2,1-3H3,(H,24,27). The van der Waals surface area contributed by atoms with E-state index in [0.29, 0.717) is 45.1 Å². The van der Waals surface area contributed by atoms with Crippen LogP contribution in [0.15, 0.2) is 18.2 Å². The molecule has 0 bridgehead atoms. The molecule has 1 unspecified atom stereocenters. The van der Waals surface area contributed by atoms with Crippen molar-refractivity contribution in [3.63, 3.8) is 0 Å². The Hall–Kier alpha value is -2.33. The van der Waals surface area contributed by atoms with Gasteiger partial charge in [-0.2, -0.15) is 13.2 Å². The minimum Gasteiger partial charge on any atom is -0.469 e. The van der Waals surface area contributed by atoms with Crippen molar-refractivity contribution in [1.82, 2.24) is 4.90 Å². The molecule has 1 amide bonds. The van der Waals surface area contributed by atoms with E-state index in [-0.39, 0.29) is 18.2 Å². The number of nitrogens with zero attached hydrogens (tertiary/aromatic N) is 2. The molecule has 1 aliphatic rings. The lowest BCUT2D eigenvalue weighted by Crippen LogP contribution is -2.39. The molecule has 168 valence electrons. The Kier molecular flexibility index (Phi) is 8.48. The molecular formula is C20H28F3N3O4. The number of carbonyl (C=O) groups is 2. The Morgan fingerprint density at radius 1 is 1.30 bits per heavy atom. The number of nitrogens with one attached hydrogen (secondary N) is 1. The van der Waals surface area contributed by atoms with Crippen molar-refractivity contribution in [2.75, 3.05) is 63.3 Å². The molecule has 2 rings (SSSR count). The maximum Gasteiger partial charge on any atom is 0.416 e. The summed E-state index contributed by atoms with van der Waals surface area (Å²) in [5.74, 6) is -1.27. The fourth-order valence-electron chi connectivity index (χ4n) is 3.25. The highest BCUT2D eigenvalue weighted by atomic mass is 19.4. The summed E-state index contributed by atoms with van der Waals surface area (Å²) in [7, 11) is 1.29. The molecule has 30 heavy (non-hydrogen) atoms. The molecule has 1 N–H and O–H groups in total. The number of anilines is 2. The first-order valence-electron chi connectivity index (χ1n) is 9.79. The monoisotopic (exact) mass is 431 g/mol. The molecule has 10 heteroatoms. The lowest BCUT2D eigenvalue weighted by atomic mass is 10.1. The van der Waals surface area contributed by atoms with Crippen LogP contribution < -0.4 is 10.2 Å². The number of alkyl halides is 3. The molecular weight excluding hydrogens is 403 g/mol. The number of hydrogen-bond acceptors (Lipinski definition) is 6. The van der Waals surface area contributed by atoms with Crippen LogP contribution in [0.2, 0.25) is 0 Å². The number of methoxy groups -OCH3 is 1. The Morgan fingerprint density at radius 2 is 1.97 bits per heavy atom. The lowest BCUT2D eigenvalue weighted by molar-refractivity contribution is -0.145. The SMILES string of the molecule is CCN(CC(=O)Nc1cc(C(F)(F)F)ccc1N1CCOCC1)CC(C)C(=O)OC. The smallest absolute Gasteiger partial charge is 0.416 e. The molecule has 0 aromatic heterocycles. The van der Waals surface area contributed by atoms with E-state index in [0.717, 1.165) is 12.1 Å². The van der Waals surface area contributed by atoms with E-state index in [2.05, 4.69) is 5.32 Å². The molecule has 1 aliphatic heterocycles. The second-order valence-corrected chi connectivity index (χ2v) is 7.13. The number of morpholine rings is 1. The Bertz CT molecular complexity index is 736. The molecule has 1 aromatic carbocycles. The van der Waals surface area contributed by atoms with Gasteiger partial charge in [0.15, 0.2) is 0 Å². The van der Waals surface area contributed by atoms with Gasteiger partial charge in [0.2, 0.25) is 5.91 Å². The highest BCUT2D eigenvalue weighted by Gasteiger charge is 2.32. The minimum atomic E-state index is -4.52. The molecule has 0 aliphatic carbocycles. The van der Waals surface area contributed by atoms with Crippen LogP contribution in [0, 0.1) is 5.92 Å². The average molecular weight is 431 g/mol. The van der Waals surface area contributed by atoms with Gasteiger partial charge in [0.1, 0.15) is 0 Å². The van der Waals surface area contributed by atoms with Crippen LogP contribution in [-0.2, 0) is 25.2 Å². The minimum absolute atomic E-state index is 0.0589. The van der Waals surface area contributed by atoms with E-state index in [1.54, 1.807) is 11.8 Å². The normalized spacial score (nSPS) is 15.8. The van der Waals surface area contributed by atoms with Gasteiger partial charge in [-0.3, -0.25) is 14.5 Å². The third-order valence-electron chi connectivity index (χ3n) is 4.90. The number of ether oxygens (including phenoxy) is 2. The van der Waals surface area contributed by atoms with Gasteiger partial charge in [0.25, 0.3) is 0 Å². The van der Waals surface area contributed by atoms with Crippen molar-refractivity contribution < 1.29 is 32.2 Å². The van der Waals surface area contributed by atoms with Crippen LogP contribution in [-0.4, -0.2) is 69.8 Å². The zero-order valence-electron chi connectivity index (χ0n) is 17.4. The number of amides is 1. The summed E-state index contributed by atoms with van der Waals surface area (Å²) in [5.41, 5.74) is -0.208. The Balaban J connectivity index is 2.17. The summed E-state index contributed by atoms with van der Waals surface area (Å²) in [6, 6.07) is 3.34. The number of hydrogen-bond donors (Lipinski definition) is 1. The van der Waals surface area contributed by atoms with Gasteiger partial charge in [-0.25, -0.2) is 0 Å². The summed E-state index contributed by atoms with van der Waals surface area (Å²) in [5, 5.41) is 2.62. The van der Waals surface area contributed by atoms with Gasteiger partial charge >= 0.3 is 12.1 Å². The van der Waals surface area contributed by atoms with E-state index >= 15 is 0 Å². The zero-order valence-corrected chi connectivity index (χ0v) is 17.4. The van der Waals surface area contributed by atoms with Gasteiger partial charge in [-0.05, 0) is 24.7 Å². The van der Waals surface area contributed by atoms with E-state index < -0.39 is 23.6 Å². The fraction of sp³-hybridized carbons (Fsp3) is 0.600. The molecule has 7 nitrogen and oxygen atoms in total. The number of rotatable bonds is 8. The Labute approximate surface area is 174 Å². The van der Waals surface area contributed by atoms with E-state index in [4.69, 9.17) is 9.47 Å². The van der Waals surface area contributed by atoms with Crippen molar-refractivity contribution in [3.8, 4) is 0 Å². The summed E-state index contributed by atoms with van der Waals surface area (Å²) >= 11 is 0. The summed E-state index contributed by atoms with van der Waals surface area (Å²) in [4.78, 5) is 27.8. The van der Waals surface area contributed by atoms with Crippen molar-refractivity contribution in [1.29, 1.82) is 0 Å². The van der Waals surface area contributed by atoms with Crippen LogP contribution in [0.3, 0.4) is 0 Å². The van der Waals surface area contributed by atoms with Crippen LogP contribution in [0.4, 0.5) is 24.5 Å². The average Bonchev–Trinajstić information content (AvgIpc) is 2.72. The second-order valence-electron chi connectivity index (χ2n) is 7.13. The highest BCUT2D eigenvalue weighted by molar-refractivity contribution is 5.96. The zero-order chi connectivity index (χ0) is 22.3. The maximum atomic E-state index is 13.2. The molecule has 0 spiro atoms. The van der Waals surface area contributed by atoms with Gasteiger partial charge in [0.05, 0.1) is 49.7 Å². The second kappa shape index (κ2) is 10.6. The predicted molar refractivity (Wildman–Crippen MR) is 106 cm³/mol. The van der Waals surface area contributed by atoms with Gasteiger partial charge in [-0.15, -0.1) is 0 Å². The third-order valence-corrected chi connectivity index (χ3v) is 4.90. The number of halogens is 3. The van der Waals surface area contributed by atoms with E-state index in [9.17, 15) is 22.8 Å². The molecule has 1 saturated heterocycles. The first kappa shape index (κ1) is 23.9. The lowest BCUT2D eigenvalue weighted by Gasteiger charge is -2.31. The first-order valence-corrected chi connectivity index (χ1v) is 9.79. The summed E-state index contributed by atoms with van der Waals surface area (Å²) in [6.07, 6.45) is -4.52. The van der Waals surface area contributed by atoms with Crippen LogP contribution in [0.5, 0.6) is 0 Å². The van der Waals surface area contributed by atoms with Gasteiger partial charge < -0.3 is 19.7 Å². The van der Waals surface area contributed by atoms with Crippen LogP contribution in [0.1, 0.15) is 19.4 Å². The number of esters is 1. The largest absolute Gasteiger partial charge is 0.469 e. The molecule has 1 atom stereocenters. The first-order chi connectivity index (χ1) is 14.2. The van der Waals surface area contributed by atoms with E-state index in [1.165, 1.54) is 13.2 Å². The molecule has 1 aromatic rings. The van der Waals surface area contributed by atoms with E-state index in [1.807, 2.05) is 11.8 Å². The van der Waals surface area contributed by atoms with Crippen molar-refractivity contribution in [2.24, 2.45) is 5.92 Å². The summed E-state index contributed by atoms with van der Waals surface area (Å²) < 4.78 is 49.6. The van der Waals surface area contributed by atoms with Crippen molar-refractivity contribution >= 4 is 23.3 Å². The predicted octanol–water partition coefficient (Wildman–Crippen LogP) is 2.61. The maximum absolute atomic E-state index is 13.2. The molecule has 1 heterocycles. The van der Waals surface area contributed by atoms with Crippen molar-refractivity contribution in [3.05, 3.63) is 23.8 Å². The van der Waals surface area contributed by atoms with Crippen LogP contribution in [0.25, 0.3) is 0 Å². The van der Waals surface area contributed by atoms with Gasteiger partial charge in [-0.1, -0.05) is 13.8 Å². The van der Waals surface area contributed by atoms with Crippen molar-refractivity contribution in [2.45, 2.75) is 20.0 Å². The Morgan fingerprint density at radius 3 is 2.53 bits per heavy atom. The quantitative estimate of drug-likeness (QED) is 0.638. The highest BCUT2D eigenvalue weighted by Crippen LogP contribution is 2.35. The topological polar surface area (TPSA) is 71.1 Å². The summed E-state index contributed by atoms with van der Waals surface area (Å²) in [6.45, 7) is 6.22.